The molecule has 3 rings (SSSR count). The van der Waals surface area contributed by atoms with Crippen LogP contribution in [-0.4, -0.2) is 16.4 Å². The predicted molar refractivity (Wildman–Crippen MR) is 70.7 cm³/mol. The van der Waals surface area contributed by atoms with Gasteiger partial charge in [-0.05, 0) is 31.4 Å². The number of ether oxygens (including phenoxy) is 1. The number of halogens is 1. The third kappa shape index (κ3) is 2.05. The molecular formula is C12H14BrN3O. The van der Waals surface area contributed by atoms with Gasteiger partial charge in [-0.25, -0.2) is 4.68 Å². The van der Waals surface area contributed by atoms with E-state index in [9.17, 15) is 0 Å². The van der Waals surface area contributed by atoms with Gasteiger partial charge >= 0.3 is 0 Å². The maximum atomic E-state index is 5.98. The Morgan fingerprint density at radius 3 is 3.06 bits per heavy atom. The zero-order valence-corrected chi connectivity index (χ0v) is 11.0. The van der Waals surface area contributed by atoms with Crippen LogP contribution in [-0.2, 0) is 4.74 Å². The van der Waals surface area contributed by atoms with Crippen molar-refractivity contribution in [2.75, 3.05) is 12.3 Å². The van der Waals surface area contributed by atoms with Gasteiger partial charge in [-0.1, -0.05) is 15.9 Å². The van der Waals surface area contributed by atoms with Crippen molar-refractivity contribution in [1.82, 2.24) is 9.78 Å². The van der Waals surface area contributed by atoms with Crippen LogP contribution in [0, 0.1) is 0 Å². The first-order valence-corrected chi connectivity index (χ1v) is 6.59. The minimum atomic E-state index is 0.0642. The number of fused-ring (bicyclic) bond motifs is 1. The van der Waals surface area contributed by atoms with E-state index < -0.39 is 0 Å². The van der Waals surface area contributed by atoms with Gasteiger partial charge in [0.05, 0.1) is 5.52 Å². The van der Waals surface area contributed by atoms with Gasteiger partial charge in [0.15, 0.2) is 0 Å². The van der Waals surface area contributed by atoms with Crippen LogP contribution in [0.15, 0.2) is 22.8 Å². The largest absolute Gasteiger partial charge is 0.398 e. The Kier molecular flexibility index (Phi) is 2.80. The number of nitrogens with zero attached hydrogens (tertiary/aromatic N) is 2. The molecule has 1 aliphatic rings. The van der Waals surface area contributed by atoms with Gasteiger partial charge < -0.3 is 10.5 Å². The van der Waals surface area contributed by atoms with Crippen molar-refractivity contribution in [2.45, 2.75) is 25.5 Å². The van der Waals surface area contributed by atoms with E-state index in [0.717, 1.165) is 40.5 Å². The summed E-state index contributed by atoms with van der Waals surface area (Å²) in [6.07, 6.45) is 5.40. The number of aromatic nitrogens is 2. The molecule has 1 aromatic carbocycles. The third-order valence-corrected chi connectivity index (χ3v) is 3.55. The fourth-order valence-corrected chi connectivity index (χ4v) is 2.68. The van der Waals surface area contributed by atoms with E-state index in [-0.39, 0.29) is 6.23 Å². The summed E-state index contributed by atoms with van der Waals surface area (Å²) >= 11 is 3.43. The zero-order valence-electron chi connectivity index (χ0n) is 9.40. The van der Waals surface area contributed by atoms with Crippen LogP contribution in [0.5, 0.6) is 0 Å². The second-order valence-electron chi connectivity index (χ2n) is 4.36. The molecule has 0 unspecified atom stereocenters. The molecule has 0 spiro atoms. The molecule has 1 fully saturated rings. The first-order valence-electron chi connectivity index (χ1n) is 5.79. The summed E-state index contributed by atoms with van der Waals surface area (Å²) in [7, 11) is 0. The average Bonchev–Trinajstić information content (AvgIpc) is 2.74. The van der Waals surface area contributed by atoms with E-state index in [0.29, 0.717) is 0 Å². The average molecular weight is 296 g/mol. The Hall–Kier alpha value is -1.07. The smallest absolute Gasteiger partial charge is 0.150 e. The normalized spacial score (nSPS) is 20.9. The summed E-state index contributed by atoms with van der Waals surface area (Å²) in [5.74, 6) is 0. The van der Waals surface area contributed by atoms with E-state index in [4.69, 9.17) is 10.5 Å². The van der Waals surface area contributed by atoms with Crippen molar-refractivity contribution in [3.8, 4) is 0 Å². The second-order valence-corrected chi connectivity index (χ2v) is 5.27. The Balaban J connectivity index is 2.03. The molecular weight excluding hydrogens is 282 g/mol. The van der Waals surface area contributed by atoms with Crippen LogP contribution in [0.4, 0.5) is 5.69 Å². The molecule has 90 valence electrons. The van der Waals surface area contributed by atoms with Crippen LogP contribution in [0.3, 0.4) is 0 Å². The molecule has 5 heteroatoms. The van der Waals surface area contributed by atoms with Crippen LogP contribution in [0.2, 0.25) is 0 Å². The topological polar surface area (TPSA) is 53.1 Å². The summed E-state index contributed by atoms with van der Waals surface area (Å²) in [5.41, 5.74) is 7.63. The molecule has 2 heterocycles. The van der Waals surface area contributed by atoms with Gasteiger partial charge in [0, 0.05) is 28.4 Å². The molecule has 0 amide bonds. The maximum Gasteiger partial charge on any atom is 0.150 e. The minimum Gasteiger partial charge on any atom is -0.398 e. The van der Waals surface area contributed by atoms with Gasteiger partial charge in [-0.3, -0.25) is 0 Å². The van der Waals surface area contributed by atoms with Crippen molar-refractivity contribution in [2.24, 2.45) is 0 Å². The Labute approximate surface area is 108 Å². The number of hydrogen-bond donors (Lipinski definition) is 1. The van der Waals surface area contributed by atoms with Crippen molar-refractivity contribution in [3.05, 3.63) is 22.8 Å². The molecule has 1 aromatic heterocycles. The van der Waals surface area contributed by atoms with Crippen LogP contribution in [0.1, 0.15) is 25.5 Å². The van der Waals surface area contributed by atoms with E-state index in [1.807, 2.05) is 23.0 Å². The molecule has 17 heavy (non-hydrogen) atoms. The van der Waals surface area contributed by atoms with E-state index >= 15 is 0 Å². The zero-order chi connectivity index (χ0) is 11.8. The summed E-state index contributed by atoms with van der Waals surface area (Å²) in [5, 5.41) is 5.53. The van der Waals surface area contributed by atoms with Crippen LogP contribution >= 0.6 is 15.9 Å². The van der Waals surface area contributed by atoms with Crippen LogP contribution in [0.25, 0.3) is 10.9 Å². The summed E-state index contributed by atoms with van der Waals surface area (Å²) < 4.78 is 8.56. The molecule has 0 bridgehead atoms. The summed E-state index contributed by atoms with van der Waals surface area (Å²) in [6.45, 7) is 0.819. The van der Waals surface area contributed by atoms with Crippen molar-refractivity contribution < 1.29 is 4.74 Å². The molecule has 0 aliphatic carbocycles. The van der Waals surface area contributed by atoms with Gasteiger partial charge in [-0.2, -0.15) is 5.10 Å². The predicted octanol–water partition coefficient (Wildman–Crippen LogP) is 3.08. The highest BCUT2D eigenvalue weighted by molar-refractivity contribution is 9.10. The second kappa shape index (κ2) is 4.31. The number of nitrogen functional groups attached to an aromatic ring is 1. The molecule has 1 saturated heterocycles. The molecule has 0 radical (unpaired) electrons. The Bertz CT molecular complexity index is 546. The molecule has 2 N–H and O–H groups in total. The third-order valence-electron chi connectivity index (χ3n) is 3.09. The number of nitrogens with two attached hydrogens (primary N) is 1. The lowest BCUT2D eigenvalue weighted by molar-refractivity contribution is -0.0390. The number of hydrogen-bond acceptors (Lipinski definition) is 3. The van der Waals surface area contributed by atoms with E-state index in [1.54, 1.807) is 0 Å². The highest BCUT2D eigenvalue weighted by Gasteiger charge is 2.17. The van der Waals surface area contributed by atoms with Crippen LogP contribution < -0.4 is 5.73 Å². The fourth-order valence-electron chi connectivity index (χ4n) is 2.21. The number of benzene rings is 1. The highest BCUT2D eigenvalue weighted by atomic mass is 79.9. The Morgan fingerprint density at radius 2 is 2.29 bits per heavy atom. The molecule has 2 aromatic rings. The highest BCUT2D eigenvalue weighted by Crippen LogP contribution is 2.28. The van der Waals surface area contributed by atoms with Crippen molar-refractivity contribution in [3.63, 3.8) is 0 Å². The Morgan fingerprint density at radius 1 is 1.41 bits per heavy atom. The van der Waals surface area contributed by atoms with Gasteiger partial charge in [0.25, 0.3) is 0 Å². The van der Waals surface area contributed by atoms with Gasteiger partial charge in [0.2, 0.25) is 0 Å². The van der Waals surface area contributed by atoms with E-state index in [2.05, 4.69) is 21.0 Å². The first kappa shape index (κ1) is 11.0. The standard InChI is InChI=1S/C12H14BrN3O/c13-8-5-10(14)9-7-16(15-11(9)6-8)12-3-1-2-4-17-12/h5-7,12H,1-4,14H2/t12-/m0/s1. The minimum absolute atomic E-state index is 0.0642. The van der Waals surface area contributed by atoms with Crippen molar-refractivity contribution in [1.29, 1.82) is 0 Å². The lowest BCUT2D eigenvalue weighted by Gasteiger charge is -2.22. The van der Waals surface area contributed by atoms with Gasteiger partial charge in [0.1, 0.15) is 6.23 Å². The monoisotopic (exact) mass is 295 g/mol. The van der Waals surface area contributed by atoms with E-state index in [1.165, 1.54) is 6.42 Å². The lowest BCUT2D eigenvalue weighted by atomic mass is 10.2. The lowest BCUT2D eigenvalue weighted by Crippen LogP contribution is -2.18. The summed E-state index contributed by atoms with van der Waals surface area (Å²) in [4.78, 5) is 0. The maximum absolute atomic E-state index is 5.98. The molecule has 0 saturated carbocycles. The SMILES string of the molecule is Nc1cc(Br)cc2nn([C@@H]3CCCCO3)cc12. The first-order chi connectivity index (χ1) is 8.24. The number of anilines is 1. The van der Waals surface area contributed by atoms with Crippen molar-refractivity contribution >= 4 is 32.5 Å². The molecule has 1 aliphatic heterocycles. The molecule has 4 nitrogen and oxygen atoms in total. The fraction of sp³-hybridized carbons (Fsp3) is 0.417. The molecule has 1 atom stereocenters. The number of rotatable bonds is 1. The summed E-state index contributed by atoms with van der Waals surface area (Å²) in [6, 6.07) is 3.88. The quantitative estimate of drug-likeness (QED) is 0.823. The van der Waals surface area contributed by atoms with Gasteiger partial charge in [-0.15, -0.1) is 0 Å².